The van der Waals surface area contributed by atoms with Crippen molar-refractivity contribution in [2.24, 2.45) is 0 Å². The van der Waals surface area contributed by atoms with Gasteiger partial charge in [0.05, 0.1) is 22.8 Å². The van der Waals surface area contributed by atoms with Gasteiger partial charge in [0.1, 0.15) is 11.6 Å². The van der Waals surface area contributed by atoms with Crippen molar-refractivity contribution in [2.45, 2.75) is 53.9 Å². The molecule has 0 aliphatic heterocycles. The molecule has 52 heavy (non-hydrogen) atoms. The number of pyridine rings is 4. The number of halogens is 2. The molecule has 1 radical (unpaired) electrons. The van der Waals surface area contributed by atoms with Crippen LogP contribution in [0.5, 0.6) is 0 Å². The number of nitrogens with zero attached hydrogens (tertiary/aromatic N) is 6. The van der Waals surface area contributed by atoms with E-state index in [0.29, 0.717) is 0 Å². The van der Waals surface area contributed by atoms with Crippen LogP contribution in [0.25, 0.3) is 0 Å². The summed E-state index contributed by atoms with van der Waals surface area (Å²) in [6.45, 7) is 11.0. The van der Waals surface area contributed by atoms with Crippen LogP contribution >= 0.6 is 0 Å². The molecule has 0 aromatic carbocycles. The van der Waals surface area contributed by atoms with Gasteiger partial charge in [0, 0.05) is 64.1 Å². The molecule has 0 atom stereocenters. The summed E-state index contributed by atoms with van der Waals surface area (Å²) in [4.78, 5) is 41.8. The average molecular weight is 854 g/mol. The first kappa shape index (κ1) is 53.1. The zero-order valence-electron chi connectivity index (χ0n) is 28.8. The molecule has 0 aliphatic rings. The fourth-order valence-electron chi connectivity index (χ4n) is 3.59. The molecule has 0 spiro atoms. The van der Waals surface area contributed by atoms with Crippen LogP contribution in [-0.4, -0.2) is 54.4 Å². The molecule has 0 saturated heterocycles. The molecule has 4 aromatic heterocycles. The SMILES string of the molecule is CC(C)=O.CC(C)=O.[O-2].[O-][Cl+3]([O-])([O-])[O-].[O-][Cl+3]([O-])([O-])[O-].[Tc+6].c1ccc(CN(CCN(Cc2ccccn2)Cc2ccccn2)Cc2ccccn2)nc1. The largest absolute Gasteiger partial charge is 6.00 e. The molecule has 0 bridgehead atoms. The maximum Gasteiger partial charge on any atom is 6.00 e. The second-order valence-corrected chi connectivity index (χ2v) is 11.8. The molecule has 4 heterocycles. The summed E-state index contributed by atoms with van der Waals surface area (Å²) in [7, 11) is -9.89. The number of ketones is 2. The number of carbonyl (C=O) groups excluding carboxylic acids is 2. The van der Waals surface area contributed by atoms with Crippen molar-refractivity contribution in [3.8, 4) is 0 Å². The Labute approximate surface area is 320 Å². The van der Waals surface area contributed by atoms with Gasteiger partial charge in [-0.25, -0.2) is 37.3 Å². The number of aromatic nitrogens is 4. The van der Waals surface area contributed by atoms with Gasteiger partial charge in [0.2, 0.25) is 0 Å². The van der Waals surface area contributed by atoms with Crippen molar-refractivity contribution in [3.05, 3.63) is 120 Å². The topological polar surface area (TPSA) is 305 Å². The van der Waals surface area contributed by atoms with E-state index in [1.807, 2.05) is 73.3 Å². The average Bonchev–Trinajstić information content (AvgIpc) is 3.00. The van der Waals surface area contributed by atoms with Crippen molar-refractivity contribution >= 4 is 11.6 Å². The van der Waals surface area contributed by atoms with Crippen LogP contribution in [0.4, 0.5) is 0 Å². The summed E-state index contributed by atoms with van der Waals surface area (Å²) >= 11 is 0. The number of rotatable bonds is 11. The first-order valence-corrected chi connectivity index (χ1v) is 17.0. The summed E-state index contributed by atoms with van der Waals surface area (Å²) in [6.07, 6.45) is 7.40. The van der Waals surface area contributed by atoms with E-state index in [1.54, 1.807) is 0 Å². The van der Waals surface area contributed by atoms with Crippen LogP contribution in [0, 0.1) is 20.5 Å². The van der Waals surface area contributed by atoms with E-state index < -0.39 is 20.5 Å². The van der Waals surface area contributed by atoms with E-state index in [2.05, 4.69) is 54.0 Å². The summed E-state index contributed by atoms with van der Waals surface area (Å²) < 4.78 is 67.9. The van der Waals surface area contributed by atoms with E-state index in [0.717, 1.165) is 62.0 Å². The summed E-state index contributed by atoms with van der Waals surface area (Å²) in [5.74, 6) is 0.333. The molecule has 4 aromatic rings. The normalized spacial score (nSPS) is 10.2. The van der Waals surface area contributed by atoms with Crippen LogP contribution in [0.1, 0.15) is 50.5 Å². The zero-order valence-corrected chi connectivity index (χ0v) is 32.2. The standard InChI is InChI=1S/C26H28N6.2C3H6O.2ClHO4.O.Tc/c1-5-13-27-23(9-1)19-31(20-24-10-2-6-14-28-24)17-18-32(21-25-11-3-7-15-29-25)22-26-12-4-8-16-30-26;2*1-3(2)4;2*2-1(3,4)5;;/h1-16H,17-22H2;2*1-2H3;2*(H,2,3,4,5);;/q;;;;;-2;+6/p-2. The molecular formula is C32H40Cl2N6O11Tc+2. The summed E-state index contributed by atoms with van der Waals surface area (Å²) in [6, 6.07) is 24.3. The molecule has 0 aliphatic carbocycles. The van der Waals surface area contributed by atoms with Crippen LogP contribution in [0.15, 0.2) is 97.6 Å². The molecule has 0 saturated carbocycles. The quantitative estimate of drug-likeness (QED) is 0.137. The molecular weight excluding hydrogens is 813 g/mol. The zero-order chi connectivity index (χ0) is 38.0. The van der Waals surface area contributed by atoms with Crippen LogP contribution in [-0.2, 0) is 61.3 Å². The molecule has 4 rings (SSSR count). The van der Waals surface area contributed by atoms with E-state index in [9.17, 15) is 9.59 Å². The predicted molar refractivity (Wildman–Crippen MR) is 159 cm³/mol. The summed E-state index contributed by atoms with van der Waals surface area (Å²) in [5, 5.41) is 0. The van der Waals surface area contributed by atoms with Gasteiger partial charge in [0.25, 0.3) is 0 Å². The first-order chi connectivity index (χ1) is 23.3. The van der Waals surface area contributed by atoms with Crippen molar-refractivity contribution in [1.82, 2.24) is 29.7 Å². The number of carbonyl (C=O) groups is 2. The third-order valence-electron chi connectivity index (χ3n) is 5.18. The maximum absolute atomic E-state index is 9.44. The minimum Gasteiger partial charge on any atom is -2.00 e. The predicted octanol–water partition coefficient (Wildman–Crippen LogP) is -4.47. The fraction of sp³-hybridized carbons (Fsp3) is 0.312. The van der Waals surface area contributed by atoms with Gasteiger partial charge < -0.3 is 15.1 Å². The maximum atomic E-state index is 9.44. The molecule has 17 nitrogen and oxygen atoms in total. The van der Waals surface area contributed by atoms with Crippen LogP contribution in [0.3, 0.4) is 0 Å². The fourth-order valence-corrected chi connectivity index (χ4v) is 3.59. The molecule has 20 heteroatoms. The van der Waals surface area contributed by atoms with Crippen molar-refractivity contribution < 1.29 is 92.9 Å². The monoisotopic (exact) mass is 851 g/mol. The van der Waals surface area contributed by atoms with E-state index in [4.69, 9.17) is 37.3 Å². The van der Waals surface area contributed by atoms with Gasteiger partial charge in [0.15, 0.2) is 0 Å². The van der Waals surface area contributed by atoms with Crippen molar-refractivity contribution in [1.29, 1.82) is 0 Å². The van der Waals surface area contributed by atoms with Gasteiger partial charge in [-0.3, -0.25) is 29.7 Å². The van der Waals surface area contributed by atoms with Gasteiger partial charge in [-0.1, -0.05) is 24.3 Å². The van der Waals surface area contributed by atoms with Crippen molar-refractivity contribution in [3.63, 3.8) is 0 Å². The number of hydrogen-bond acceptors (Lipinski definition) is 16. The Hall–Kier alpha value is -3.27. The molecule has 0 fully saturated rings. The second kappa shape index (κ2) is 30.2. The Morgan fingerprint density at radius 3 is 0.788 bits per heavy atom. The van der Waals surface area contributed by atoms with Crippen molar-refractivity contribution in [2.75, 3.05) is 13.1 Å². The molecule has 0 N–H and O–H groups in total. The van der Waals surface area contributed by atoms with E-state index in [-0.39, 0.29) is 37.1 Å². The minimum absolute atomic E-state index is 0. The summed E-state index contributed by atoms with van der Waals surface area (Å²) in [5.41, 5.74) is 4.24. The Morgan fingerprint density at radius 2 is 0.654 bits per heavy atom. The van der Waals surface area contributed by atoms with Gasteiger partial charge in [-0.05, 0) is 76.2 Å². The number of Topliss-reactive ketones (excluding diaryl/α,β-unsaturated/α-hetero) is 2. The first-order valence-electron chi connectivity index (χ1n) is 14.5. The van der Waals surface area contributed by atoms with Gasteiger partial charge >= 0.3 is 20.1 Å². The molecule has 0 amide bonds. The van der Waals surface area contributed by atoms with E-state index in [1.165, 1.54) is 27.7 Å². The smallest absolute Gasteiger partial charge is 2.00 e. The van der Waals surface area contributed by atoms with E-state index >= 15 is 0 Å². The van der Waals surface area contributed by atoms with Gasteiger partial charge in [-0.15, -0.1) is 20.5 Å². The third-order valence-corrected chi connectivity index (χ3v) is 5.18. The Balaban J connectivity index is -0.00000100. The Morgan fingerprint density at radius 1 is 0.481 bits per heavy atom. The van der Waals surface area contributed by atoms with Crippen LogP contribution < -0.4 is 37.3 Å². The number of hydrogen-bond donors (Lipinski definition) is 0. The Kier molecular flexibility index (Phi) is 30.8. The van der Waals surface area contributed by atoms with Gasteiger partial charge in [-0.2, -0.15) is 0 Å². The third kappa shape index (κ3) is 39.5. The van der Waals surface area contributed by atoms with Crippen LogP contribution in [0.2, 0.25) is 0 Å². The molecule has 283 valence electrons. The minimum atomic E-state index is -4.94. The Bertz CT molecular complexity index is 1230. The second-order valence-electron chi connectivity index (χ2n) is 10.3. The molecule has 0 unspecified atom stereocenters.